The smallest absolute Gasteiger partial charge is 0.343 e. The fourth-order valence-corrected chi connectivity index (χ4v) is 4.97. The Morgan fingerprint density at radius 1 is 1.04 bits per heavy atom. The van der Waals surface area contributed by atoms with Crippen LogP contribution in [0.15, 0.2) is 48.5 Å². The zero-order valence-corrected chi connectivity index (χ0v) is 20.0. The molecule has 0 fully saturated rings. The molecule has 0 atom stereocenters. The monoisotopic (exact) mass is 641 g/mol. The Hall–Kier alpha value is -1.30. The first-order valence-electron chi connectivity index (χ1n) is 7.76. The zero-order chi connectivity index (χ0) is 20.4. The molecule has 0 radical (unpaired) electrons. The van der Waals surface area contributed by atoms with Crippen molar-refractivity contribution < 1.29 is 19.1 Å². The molecule has 0 bridgehead atoms. The topological polar surface area (TPSA) is 57.5 Å². The SMILES string of the molecule is COc1ccc(C(=O)Oc2ccccc2C(=O)c2c(I)c(Cl)c(Cl)n2I)cc1. The fourth-order valence-electron chi connectivity index (χ4n) is 2.41. The van der Waals surface area contributed by atoms with Crippen molar-refractivity contribution >= 4 is 80.4 Å². The van der Waals surface area contributed by atoms with Crippen molar-refractivity contribution in [1.29, 1.82) is 0 Å². The predicted octanol–water partition coefficient (Wildman–Crippen LogP) is 6.06. The van der Waals surface area contributed by atoms with E-state index in [4.69, 9.17) is 32.7 Å². The van der Waals surface area contributed by atoms with Crippen LogP contribution in [0.25, 0.3) is 0 Å². The lowest BCUT2D eigenvalue weighted by Gasteiger charge is -2.10. The summed E-state index contributed by atoms with van der Waals surface area (Å²) in [4.78, 5) is 25.6. The summed E-state index contributed by atoms with van der Waals surface area (Å²) < 4.78 is 12.6. The Labute approximate surface area is 198 Å². The molecule has 0 spiro atoms. The molecule has 5 nitrogen and oxygen atoms in total. The molecule has 144 valence electrons. The van der Waals surface area contributed by atoms with Gasteiger partial charge < -0.3 is 9.47 Å². The van der Waals surface area contributed by atoms with Crippen molar-refractivity contribution in [3.8, 4) is 11.5 Å². The van der Waals surface area contributed by atoms with Crippen LogP contribution >= 0.6 is 68.7 Å². The molecule has 0 saturated carbocycles. The third-order valence-corrected chi connectivity index (χ3v) is 7.27. The molecule has 9 heteroatoms. The molecular weight excluding hydrogens is 631 g/mol. The van der Waals surface area contributed by atoms with Crippen LogP contribution in [0.4, 0.5) is 0 Å². The van der Waals surface area contributed by atoms with Gasteiger partial charge in [0.2, 0.25) is 5.78 Å². The van der Waals surface area contributed by atoms with E-state index in [1.807, 2.05) is 45.5 Å². The Morgan fingerprint density at radius 3 is 2.25 bits per heavy atom. The van der Waals surface area contributed by atoms with Crippen molar-refractivity contribution in [2.45, 2.75) is 0 Å². The molecule has 0 amide bonds. The van der Waals surface area contributed by atoms with Gasteiger partial charge in [0.1, 0.15) is 22.3 Å². The number of nitrogens with zero attached hydrogens (tertiary/aromatic N) is 1. The quantitative estimate of drug-likeness (QED) is 0.147. The standard InChI is InChI=1S/C19H11Cl2I2NO4/c1-27-11-8-6-10(7-9-11)19(26)28-13-5-3-2-4-12(13)17(25)16-15(22)14(20)18(21)24(16)23/h2-9H,1H3. The first-order chi connectivity index (χ1) is 13.3. The van der Waals surface area contributed by atoms with E-state index in [1.54, 1.807) is 48.5 Å². The highest BCUT2D eigenvalue weighted by Crippen LogP contribution is 2.37. The van der Waals surface area contributed by atoms with E-state index >= 15 is 0 Å². The summed E-state index contributed by atoms with van der Waals surface area (Å²) in [6.45, 7) is 0. The van der Waals surface area contributed by atoms with Gasteiger partial charge in [-0.1, -0.05) is 35.3 Å². The Bertz CT molecular complexity index is 1040. The second kappa shape index (κ2) is 9.02. The lowest BCUT2D eigenvalue weighted by atomic mass is 10.1. The molecule has 0 unspecified atom stereocenters. The third-order valence-electron chi connectivity index (χ3n) is 3.83. The second-order valence-electron chi connectivity index (χ2n) is 5.49. The summed E-state index contributed by atoms with van der Waals surface area (Å²) in [7, 11) is 1.54. The van der Waals surface area contributed by atoms with E-state index in [9.17, 15) is 9.59 Å². The van der Waals surface area contributed by atoms with Crippen LogP contribution in [-0.2, 0) is 0 Å². The van der Waals surface area contributed by atoms with Gasteiger partial charge in [-0.25, -0.2) is 4.79 Å². The van der Waals surface area contributed by atoms with Crippen LogP contribution < -0.4 is 9.47 Å². The fraction of sp³-hybridized carbons (Fsp3) is 0.0526. The summed E-state index contributed by atoms with van der Waals surface area (Å²) in [5.41, 5.74) is 0.871. The van der Waals surface area contributed by atoms with Crippen molar-refractivity contribution in [3.63, 3.8) is 0 Å². The molecule has 0 N–H and O–H groups in total. The highest BCUT2D eigenvalue weighted by atomic mass is 127. The number of ketones is 1. The van der Waals surface area contributed by atoms with Crippen molar-refractivity contribution in [2.24, 2.45) is 0 Å². The summed E-state index contributed by atoms with van der Waals surface area (Å²) >= 11 is 16.2. The summed E-state index contributed by atoms with van der Waals surface area (Å²) in [6.07, 6.45) is 0. The minimum absolute atomic E-state index is 0.147. The average molecular weight is 642 g/mol. The molecule has 28 heavy (non-hydrogen) atoms. The molecule has 1 aromatic heterocycles. The zero-order valence-electron chi connectivity index (χ0n) is 14.2. The third kappa shape index (κ3) is 4.17. The van der Waals surface area contributed by atoms with Gasteiger partial charge in [-0.2, -0.15) is 0 Å². The summed E-state index contributed by atoms with van der Waals surface area (Å²) in [5.74, 6) is -0.170. The molecule has 1 heterocycles. The Morgan fingerprint density at radius 2 is 1.68 bits per heavy atom. The number of hydrogen-bond acceptors (Lipinski definition) is 4. The van der Waals surface area contributed by atoms with Crippen LogP contribution in [0.1, 0.15) is 26.4 Å². The van der Waals surface area contributed by atoms with E-state index in [2.05, 4.69) is 0 Å². The van der Waals surface area contributed by atoms with Crippen LogP contribution in [0.3, 0.4) is 0 Å². The highest BCUT2D eigenvalue weighted by molar-refractivity contribution is 14.1. The van der Waals surface area contributed by atoms with Gasteiger partial charge in [-0.3, -0.25) is 7.58 Å². The number of esters is 1. The summed E-state index contributed by atoms with van der Waals surface area (Å²) in [5, 5.41) is 0.551. The van der Waals surface area contributed by atoms with Gasteiger partial charge in [-0.05, 0) is 59.0 Å². The lowest BCUT2D eigenvalue weighted by Crippen LogP contribution is -2.13. The molecule has 0 aliphatic carbocycles. The van der Waals surface area contributed by atoms with Crippen molar-refractivity contribution in [3.05, 3.63) is 79.1 Å². The number of ether oxygens (including phenoxy) is 2. The molecule has 3 aromatic rings. The number of methoxy groups -OCH3 is 1. The van der Waals surface area contributed by atoms with Crippen LogP contribution in [0, 0.1) is 3.57 Å². The van der Waals surface area contributed by atoms with Gasteiger partial charge in [0.05, 0.1) is 49.7 Å². The van der Waals surface area contributed by atoms with Gasteiger partial charge in [0, 0.05) is 0 Å². The van der Waals surface area contributed by atoms with Gasteiger partial charge in [0.25, 0.3) is 0 Å². The predicted molar refractivity (Wildman–Crippen MR) is 124 cm³/mol. The summed E-state index contributed by atoms with van der Waals surface area (Å²) in [6, 6.07) is 13.0. The number of halogens is 4. The number of benzene rings is 2. The number of para-hydroxylation sites is 1. The normalized spacial score (nSPS) is 10.6. The van der Waals surface area contributed by atoms with Gasteiger partial charge in [-0.15, -0.1) is 0 Å². The number of carbonyl (C=O) groups is 2. The van der Waals surface area contributed by atoms with Crippen molar-refractivity contribution in [1.82, 2.24) is 2.78 Å². The largest absolute Gasteiger partial charge is 0.497 e. The Balaban J connectivity index is 1.94. The first-order valence-corrected chi connectivity index (χ1v) is 10.6. The van der Waals surface area contributed by atoms with E-state index in [1.165, 1.54) is 9.89 Å². The second-order valence-corrected chi connectivity index (χ2v) is 8.27. The van der Waals surface area contributed by atoms with Crippen LogP contribution in [0.5, 0.6) is 11.5 Å². The van der Waals surface area contributed by atoms with E-state index in [-0.39, 0.29) is 22.2 Å². The van der Waals surface area contributed by atoms with Crippen molar-refractivity contribution in [2.75, 3.05) is 7.11 Å². The lowest BCUT2D eigenvalue weighted by molar-refractivity contribution is 0.0733. The molecule has 0 saturated heterocycles. The number of hydrogen-bond donors (Lipinski definition) is 0. The van der Waals surface area contributed by atoms with Crippen LogP contribution in [0.2, 0.25) is 10.2 Å². The molecule has 0 aliphatic rings. The van der Waals surface area contributed by atoms with E-state index in [0.29, 0.717) is 25.6 Å². The van der Waals surface area contributed by atoms with E-state index in [0.717, 1.165) is 0 Å². The highest BCUT2D eigenvalue weighted by Gasteiger charge is 2.26. The minimum atomic E-state index is -0.585. The number of carbonyl (C=O) groups excluding carboxylic acids is 2. The maximum Gasteiger partial charge on any atom is 0.343 e. The number of rotatable bonds is 5. The number of aromatic nitrogens is 1. The van der Waals surface area contributed by atoms with Crippen LogP contribution in [-0.4, -0.2) is 21.6 Å². The maximum absolute atomic E-state index is 13.1. The first kappa shape index (κ1) is 21.4. The maximum atomic E-state index is 13.1. The van der Waals surface area contributed by atoms with Gasteiger partial charge >= 0.3 is 5.97 Å². The molecular formula is C19H11Cl2I2NO4. The Kier molecular flexibility index (Phi) is 6.89. The molecule has 3 rings (SSSR count). The molecule has 2 aromatic carbocycles. The van der Waals surface area contributed by atoms with E-state index < -0.39 is 5.97 Å². The van der Waals surface area contributed by atoms with Gasteiger partial charge in [0.15, 0.2) is 0 Å². The molecule has 0 aliphatic heterocycles. The minimum Gasteiger partial charge on any atom is -0.497 e. The average Bonchev–Trinajstić information content (AvgIpc) is 2.90.